The molecule has 1 aromatic heterocycles. The van der Waals surface area contributed by atoms with Gasteiger partial charge in [-0.05, 0) is 31.9 Å². The SMILES string of the molecule is CCn1c(C2CC2)nc(-c2ccc(Cl)c(F)c2)c1N. The number of hydrogen-bond donors (Lipinski definition) is 1. The molecule has 0 radical (unpaired) electrons. The minimum atomic E-state index is -0.447. The summed E-state index contributed by atoms with van der Waals surface area (Å²) in [6, 6.07) is 4.67. The topological polar surface area (TPSA) is 43.8 Å². The van der Waals surface area contributed by atoms with Crippen molar-refractivity contribution in [3.8, 4) is 11.3 Å². The van der Waals surface area contributed by atoms with Gasteiger partial charge in [0.15, 0.2) is 0 Å². The van der Waals surface area contributed by atoms with Crippen LogP contribution in [0.4, 0.5) is 10.2 Å². The second-order valence-corrected chi connectivity index (χ2v) is 5.26. The molecule has 1 saturated carbocycles. The molecule has 5 heteroatoms. The average Bonchev–Trinajstić information content (AvgIpc) is 3.17. The van der Waals surface area contributed by atoms with Gasteiger partial charge in [-0.15, -0.1) is 0 Å². The Bertz CT molecular complexity index is 632. The number of halogens is 2. The van der Waals surface area contributed by atoms with Gasteiger partial charge in [0.05, 0.1) is 5.02 Å². The summed E-state index contributed by atoms with van der Waals surface area (Å²) in [5.41, 5.74) is 7.47. The third kappa shape index (κ3) is 2.10. The van der Waals surface area contributed by atoms with E-state index < -0.39 is 5.82 Å². The number of hydrogen-bond acceptors (Lipinski definition) is 2. The highest BCUT2D eigenvalue weighted by molar-refractivity contribution is 6.30. The van der Waals surface area contributed by atoms with Crippen LogP contribution in [-0.4, -0.2) is 9.55 Å². The van der Waals surface area contributed by atoms with Crippen molar-refractivity contribution in [1.82, 2.24) is 9.55 Å². The summed E-state index contributed by atoms with van der Waals surface area (Å²) in [5.74, 6) is 1.68. The first-order valence-electron chi connectivity index (χ1n) is 6.43. The molecular weight excluding hydrogens is 265 g/mol. The van der Waals surface area contributed by atoms with Crippen molar-refractivity contribution < 1.29 is 4.39 Å². The standard InChI is InChI=1S/C14H15ClFN3/c1-2-19-13(17)12(18-14(19)8-3-4-8)9-5-6-10(15)11(16)7-9/h5-8H,2-4,17H2,1H3. The molecule has 3 rings (SSSR count). The quantitative estimate of drug-likeness (QED) is 0.928. The lowest BCUT2D eigenvalue weighted by Gasteiger charge is -2.05. The zero-order chi connectivity index (χ0) is 13.6. The van der Waals surface area contributed by atoms with E-state index in [0.29, 0.717) is 23.0 Å². The van der Waals surface area contributed by atoms with Gasteiger partial charge in [0.2, 0.25) is 0 Å². The van der Waals surface area contributed by atoms with E-state index in [1.807, 2.05) is 11.5 Å². The number of benzene rings is 1. The molecule has 0 bridgehead atoms. The third-order valence-corrected chi connectivity index (χ3v) is 3.79. The van der Waals surface area contributed by atoms with Crippen LogP contribution in [0.3, 0.4) is 0 Å². The molecule has 19 heavy (non-hydrogen) atoms. The molecule has 2 N–H and O–H groups in total. The maximum Gasteiger partial charge on any atom is 0.142 e. The molecular formula is C14H15ClFN3. The summed E-state index contributed by atoms with van der Waals surface area (Å²) in [7, 11) is 0. The van der Waals surface area contributed by atoms with E-state index in [-0.39, 0.29) is 5.02 Å². The zero-order valence-corrected chi connectivity index (χ0v) is 11.4. The maximum atomic E-state index is 13.5. The Morgan fingerprint density at radius 1 is 1.47 bits per heavy atom. The van der Waals surface area contributed by atoms with Crippen LogP contribution in [0, 0.1) is 5.82 Å². The fraction of sp³-hybridized carbons (Fsp3) is 0.357. The van der Waals surface area contributed by atoms with Crippen LogP contribution in [-0.2, 0) is 6.54 Å². The number of anilines is 1. The van der Waals surface area contributed by atoms with Gasteiger partial charge in [-0.2, -0.15) is 0 Å². The number of rotatable bonds is 3. The van der Waals surface area contributed by atoms with Crippen LogP contribution >= 0.6 is 11.6 Å². The Kier molecular flexibility index (Phi) is 2.97. The molecule has 0 aliphatic heterocycles. The van der Waals surface area contributed by atoms with E-state index in [4.69, 9.17) is 17.3 Å². The van der Waals surface area contributed by atoms with Gasteiger partial charge in [0, 0.05) is 18.0 Å². The lowest BCUT2D eigenvalue weighted by atomic mass is 10.1. The lowest BCUT2D eigenvalue weighted by Crippen LogP contribution is -2.04. The van der Waals surface area contributed by atoms with Crippen molar-refractivity contribution in [1.29, 1.82) is 0 Å². The molecule has 0 spiro atoms. The van der Waals surface area contributed by atoms with Gasteiger partial charge < -0.3 is 10.3 Å². The Labute approximate surface area is 116 Å². The molecule has 2 aromatic rings. The summed E-state index contributed by atoms with van der Waals surface area (Å²) in [5, 5.41) is 0.111. The molecule has 1 aromatic carbocycles. The Hall–Kier alpha value is -1.55. The number of imidazole rings is 1. The fourth-order valence-electron chi connectivity index (χ4n) is 2.32. The molecule has 0 unspecified atom stereocenters. The zero-order valence-electron chi connectivity index (χ0n) is 10.7. The average molecular weight is 280 g/mol. The van der Waals surface area contributed by atoms with Crippen LogP contribution in [0.25, 0.3) is 11.3 Å². The van der Waals surface area contributed by atoms with E-state index in [0.717, 1.165) is 25.2 Å². The van der Waals surface area contributed by atoms with Crippen LogP contribution in [0.1, 0.15) is 31.5 Å². The van der Waals surface area contributed by atoms with Crippen molar-refractivity contribution in [2.24, 2.45) is 0 Å². The minimum absolute atomic E-state index is 0.111. The summed E-state index contributed by atoms with van der Waals surface area (Å²) in [4.78, 5) is 4.61. The summed E-state index contributed by atoms with van der Waals surface area (Å²) in [6.07, 6.45) is 2.32. The molecule has 1 fully saturated rings. The van der Waals surface area contributed by atoms with E-state index in [9.17, 15) is 4.39 Å². The minimum Gasteiger partial charge on any atom is -0.383 e. The van der Waals surface area contributed by atoms with Crippen LogP contribution in [0.15, 0.2) is 18.2 Å². The van der Waals surface area contributed by atoms with E-state index in [2.05, 4.69) is 4.98 Å². The van der Waals surface area contributed by atoms with Gasteiger partial charge in [-0.25, -0.2) is 9.37 Å². The number of nitrogen functional groups attached to an aromatic ring is 1. The third-order valence-electron chi connectivity index (χ3n) is 3.49. The fourth-order valence-corrected chi connectivity index (χ4v) is 2.44. The normalized spacial score (nSPS) is 14.9. The Balaban J connectivity index is 2.11. The highest BCUT2D eigenvalue weighted by atomic mass is 35.5. The summed E-state index contributed by atoms with van der Waals surface area (Å²) in [6.45, 7) is 2.82. The summed E-state index contributed by atoms with van der Waals surface area (Å²) < 4.78 is 15.6. The molecule has 1 aliphatic carbocycles. The lowest BCUT2D eigenvalue weighted by molar-refractivity contribution is 0.628. The number of aromatic nitrogens is 2. The van der Waals surface area contributed by atoms with Crippen molar-refractivity contribution in [3.05, 3.63) is 34.9 Å². The largest absolute Gasteiger partial charge is 0.383 e. The highest BCUT2D eigenvalue weighted by Gasteiger charge is 2.30. The molecule has 0 atom stereocenters. The van der Waals surface area contributed by atoms with Gasteiger partial charge in [0.25, 0.3) is 0 Å². The molecule has 1 heterocycles. The molecule has 100 valence electrons. The number of nitrogens with two attached hydrogens (primary N) is 1. The van der Waals surface area contributed by atoms with E-state index in [1.54, 1.807) is 6.07 Å². The van der Waals surface area contributed by atoms with Crippen molar-refractivity contribution in [3.63, 3.8) is 0 Å². The monoisotopic (exact) mass is 279 g/mol. The van der Waals surface area contributed by atoms with Crippen molar-refractivity contribution >= 4 is 17.4 Å². The van der Waals surface area contributed by atoms with Crippen LogP contribution in [0.5, 0.6) is 0 Å². The second kappa shape index (κ2) is 4.53. The van der Waals surface area contributed by atoms with Crippen LogP contribution < -0.4 is 5.73 Å². The Morgan fingerprint density at radius 3 is 2.79 bits per heavy atom. The van der Waals surface area contributed by atoms with Gasteiger partial charge in [-0.1, -0.05) is 17.7 Å². The first-order valence-corrected chi connectivity index (χ1v) is 6.81. The summed E-state index contributed by atoms with van der Waals surface area (Å²) >= 11 is 5.70. The van der Waals surface area contributed by atoms with E-state index in [1.165, 1.54) is 12.1 Å². The molecule has 1 aliphatic rings. The van der Waals surface area contributed by atoms with Gasteiger partial charge >= 0.3 is 0 Å². The smallest absolute Gasteiger partial charge is 0.142 e. The maximum absolute atomic E-state index is 13.5. The second-order valence-electron chi connectivity index (χ2n) is 4.85. The molecule has 0 amide bonds. The first-order chi connectivity index (χ1) is 9.11. The molecule has 0 saturated heterocycles. The van der Waals surface area contributed by atoms with Crippen molar-refractivity contribution in [2.75, 3.05) is 5.73 Å². The molecule has 3 nitrogen and oxygen atoms in total. The van der Waals surface area contributed by atoms with E-state index >= 15 is 0 Å². The van der Waals surface area contributed by atoms with Crippen molar-refractivity contribution in [2.45, 2.75) is 32.2 Å². The van der Waals surface area contributed by atoms with Gasteiger partial charge in [0.1, 0.15) is 23.2 Å². The number of nitrogens with zero attached hydrogens (tertiary/aromatic N) is 2. The Morgan fingerprint density at radius 2 is 2.21 bits per heavy atom. The predicted octanol–water partition coefficient (Wildman–Crippen LogP) is 3.82. The predicted molar refractivity (Wildman–Crippen MR) is 74.7 cm³/mol. The van der Waals surface area contributed by atoms with Crippen LogP contribution in [0.2, 0.25) is 5.02 Å². The van der Waals surface area contributed by atoms with Gasteiger partial charge in [-0.3, -0.25) is 0 Å². The highest BCUT2D eigenvalue weighted by Crippen LogP contribution is 2.42. The first kappa shape index (κ1) is 12.5.